The highest BCUT2D eigenvalue weighted by atomic mass is 32.1. The zero-order valence-electron chi connectivity index (χ0n) is 4.76. The summed E-state index contributed by atoms with van der Waals surface area (Å²) in [6.07, 6.45) is 5.85. The molecule has 50 valence electrons. The Morgan fingerprint density at radius 1 is 1.40 bits per heavy atom. The van der Waals surface area contributed by atoms with Gasteiger partial charge in [0.25, 0.3) is 0 Å². The zero-order valence-corrected chi connectivity index (χ0v) is 5.58. The van der Waals surface area contributed by atoms with Crippen LogP contribution in [0.5, 0.6) is 0 Å². The summed E-state index contributed by atoms with van der Waals surface area (Å²) in [6, 6.07) is 0. The predicted molar refractivity (Wildman–Crippen MR) is 31.9 cm³/mol. The average Bonchev–Trinajstić information content (AvgIpc) is 2.67. The van der Waals surface area contributed by atoms with Crippen molar-refractivity contribution in [3.63, 3.8) is 0 Å². The summed E-state index contributed by atoms with van der Waals surface area (Å²) in [4.78, 5) is 0. The van der Waals surface area contributed by atoms with E-state index in [0.29, 0.717) is 0 Å². The fourth-order valence-electron chi connectivity index (χ4n) is 0.236. The van der Waals surface area contributed by atoms with Crippen LogP contribution in [0.2, 0.25) is 0 Å². The number of aromatic nitrogens is 4. The summed E-state index contributed by atoms with van der Waals surface area (Å²) in [7, 11) is 0. The minimum absolute atomic E-state index is 1.21. The summed E-state index contributed by atoms with van der Waals surface area (Å²) in [5, 5.41) is 11.5. The summed E-state index contributed by atoms with van der Waals surface area (Å²) in [5.41, 5.74) is 0. The second-order valence-corrected chi connectivity index (χ2v) is 1.67. The van der Waals surface area contributed by atoms with Crippen LogP contribution in [0, 0.1) is 12.6 Å². The molecule has 0 saturated carbocycles. The lowest BCUT2D eigenvalue weighted by atomic mass is 11.1. The summed E-state index contributed by atoms with van der Waals surface area (Å²) < 4.78 is 7.69. The van der Waals surface area contributed by atoms with Crippen molar-refractivity contribution in [3.05, 3.63) is 24.4 Å². The lowest BCUT2D eigenvalue weighted by Gasteiger charge is -1.41. The number of hydrogen-bond donors (Lipinski definition) is 0. The monoisotopic (exact) mass is 154 g/mol. The highest BCUT2D eigenvalue weighted by molar-refractivity contribution is 7.03. The van der Waals surface area contributed by atoms with E-state index in [0.717, 1.165) is 0 Å². The van der Waals surface area contributed by atoms with Crippen LogP contribution in [0.1, 0.15) is 0 Å². The second kappa shape index (κ2) is 4.57. The molecule has 0 N–H and O–H groups in total. The van der Waals surface area contributed by atoms with Crippen LogP contribution in [0.25, 0.3) is 0 Å². The molecule has 0 aliphatic heterocycles. The molecule has 2 aromatic heterocycles. The van der Waals surface area contributed by atoms with E-state index in [4.69, 9.17) is 0 Å². The third-order valence-electron chi connectivity index (χ3n) is 0.502. The molecule has 0 fully saturated rings. The third kappa shape index (κ3) is 2.88. The van der Waals surface area contributed by atoms with Crippen molar-refractivity contribution in [2.45, 2.75) is 0 Å². The molecule has 0 amide bonds. The normalized spacial score (nSPS) is 8.00. The Bertz CT molecular complexity index is 156. The topological polar surface area (TPSA) is 64.7 Å². The zero-order chi connectivity index (χ0) is 7.07. The molecule has 0 aromatic carbocycles. The summed E-state index contributed by atoms with van der Waals surface area (Å²) in [5.74, 6) is 0. The Labute approximate surface area is 60.9 Å². The van der Waals surface area contributed by atoms with E-state index < -0.39 is 0 Å². The molecule has 0 aliphatic rings. The van der Waals surface area contributed by atoms with Gasteiger partial charge >= 0.3 is 6.39 Å². The Balaban J connectivity index is 0.0000001000. The van der Waals surface area contributed by atoms with E-state index >= 15 is 0 Å². The first-order valence-electron chi connectivity index (χ1n) is 2.25. The molecule has 2 radical (unpaired) electrons. The molecule has 0 aliphatic carbocycles. The van der Waals surface area contributed by atoms with Crippen LogP contribution < -0.4 is 0 Å². The molecule has 0 atom stereocenters. The first-order valence-corrected chi connectivity index (χ1v) is 3.09. The molecule has 2 heterocycles. The highest BCUT2D eigenvalue weighted by Crippen LogP contribution is 1.77. The molecule has 2 rings (SSSR count). The molecule has 0 spiro atoms. The van der Waals surface area contributed by atoms with Gasteiger partial charge in [0.15, 0.2) is 0 Å². The summed E-state index contributed by atoms with van der Waals surface area (Å²) in [6.45, 7) is 0. The molecular formula is C4H2N4OS. The standard InChI is InChI=1S/C2HN2O.C2HN2S/c1-3-4-2-5-1;1-2-5-4-3-1/h1H;2H. The van der Waals surface area contributed by atoms with Gasteiger partial charge in [-0.05, 0) is 11.5 Å². The van der Waals surface area contributed by atoms with Crippen molar-refractivity contribution in [3.8, 4) is 0 Å². The lowest BCUT2D eigenvalue weighted by molar-refractivity contribution is 0.543. The third-order valence-corrected chi connectivity index (χ3v) is 0.889. The fourth-order valence-corrected chi connectivity index (χ4v) is 0.471. The maximum absolute atomic E-state index is 4.24. The molecule has 5 nitrogen and oxygen atoms in total. The van der Waals surface area contributed by atoms with Gasteiger partial charge in [-0.25, -0.2) is 0 Å². The predicted octanol–water partition coefficient (Wildman–Crippen LogP) is 0.208. The van der Waals surface area contributed by atoms with Crippen LogP contribution in [0.4, 0.5) is 0 Å². The van der Waals surface area contributed by atoms with Crippen molar-refractivity contribution in [2.75, 3.05) is 0 Å². The van der Waals surface area contributed by atoms with Gasteiger partial charge < -0.3 is 4.42 Å². The first kappa shape index (κ1) is 6.81. The molecule has 0 saturated heterocycles. The maximum atomic E-state index is 4.24. The van der Waals surface area contributed by atoms with Crippen LogP contribution in [0.3, 0.4) is 0 Å². The van der Waals surface area contributed by atoms with Crippen molar-refractivity contribution in [1.82, 2.24) is 19.8 Å². The number of nitrogens with zero attached hydrogens (tertiary/aromatic N) is 4. The Morgan fingerprint density at radius 2 is 2.40 bits per heavy atom. The van der Waals surface area contributed by atoms with Gasteiger partial charge in [-0.3, -0.25) is 0 Å². The van der Waals surface area contributed by atoms with Gasteiger partial charge in [0, 0.05) is 5.38 Å². The first-order chi connectivity index (χ1) is 5.00. The maximum Gasteiger partial charge on any atom is 0.305 e. The molecular weight excluding hydrogens is 152 g/mol. The molecule has 0 unspecified atom stereocenters. The Kier molecular flexibility index (Phi) is 3.11. The summed E-state index contributed by atoms with van der Waals surface area (Å²) >= 11 is 1.30. The molecule has 0 bridgehead atoms. The van der Waals surface area contributed by atoms with Gasteiger partial charge in [-0.2, -0.15) is 0 Å². The van der Waals surface area contributed by atoms with Crippen molar-refractivity contribution in [1.29, 1.82) is 0 Å². The van der Waals surface area contributed by atoms with Crippen molar-refractivity contribution in [2.24, 2.45) is 0 Å². The quantitative estimate of drug-likeness (QED) is 0.542. The van der Waals surface area contributed by atoms with Crippen LogP contribution in [-0.4, -0.2) is 19.8 Å². The molecule has 6 heteroatoms. The van der Waals surface area contributed by atoms with Gasteiger partial charge in [0.1, 0.15) is 6.20 Å². The van der Waals surface area contributed by atoms with Crippen LogP contribution in [-0.2, 0) is 0 Å². The fraction of sp³-hybridized carbons (Fsp3) is 0. The number of hydrogen-bond acceptors (Lipinski definition) is 6. The van der Waals surface area contributed by atoms with Crippen molar-refractivity contribution < 1.29 is 4.42 Å². The van der Waals surface area contributed by atoms with E-state index in [-0.39, 0.29) is 0 Å². The van der Waals surface area contributed by atoms with E-state index in [1.165, 1.54) is 17.9 Å². The van der Waals surface area contributed by atoms with E-state index in [2.05, 4.69) is 36.8 Å². The SMILES string of the molecule is [c]1csnn1.[c]1nnco1. The van der Waals surface area contributed by atoms with Crippen LogP contribution >= 0.6 is 11.5 Å². The number of rotatable bonds is 0. The molecule has 10 heavy (non-hydrogen) atoms. The average molecular weight is 154 g/mol. The van der Waals surface area contributed by atoms with Gasteiger partial charge in [-0.1, -0.05) is 4.49 Å². The largest absolute Gasteiger partial charge is 0.420 e. The van der Waals surface area contributed by atoms with Crippen molar-refractivity contribution >= 4 is 11.5 Å². The van der Waals surface area contributed by atoms with Gasteiger partial charge in [0.05, 0.1) is 0 Å². The van der Waals surface area contributed by atoms with E-state index in [1.807, 2.05) is 0 Å². The minimum atomic E-state index is 1.21. The van der Waals surface area contributed by atoms with Gasteiger partial charge in [0.2, 0.25) is 6.39 Å². The second-order valence-electron chi connectivity index (χ2n) is 1.06. The Morgan fingerprint density at radius 3 is 2.60 bits per heavy atom. The smallest absolute Gasteiger partial charge is 0.305 e. The Hall–Kier alpha value is -1.30. The highest BCUT2D eigenvalue weighted by Gasteiger charge is 1.63. The van der Waals surface area contributed by atoms with E-state index in [9.17, 15) is 0 Å². The molecule has 2 aromatic rings. The minimum Gasteiger partial charge on any atom is -0.420 e. The van der Waals surface area contributed by atoms with E-state index in [1.54, 1.807) is 5.38 Å². The lowest BCUT2D eigenvalue weighted by Crippen LogP contribution is -1.54. The van der Waals surface area contributed by atoms with Crippen LogP contribution in [0.15, 0.2) is 16.2 Å². The van der Waals surface area contributed by atoms with Gasteiger partial charge in [-0.15, -0.1) is 15.3 Å².